The van der Waals surface area contributed by atoms with Crippen LogP contribution >= 0.6 is 0 Å². The number of benzene rings is 3. The van der Waals surface area contributed by atoms with Crippen molar-refractivity contribution in [2.75, 3.05) is 12.4 Å². The van der Waals surface area contributed by atoms with Crippen LogP contribution in [0.5, 0.6) is 5.75 Å². The molecule has 1 aliphatic carbocycles. The summed E-state index contributed by atoms with van der Waals surface area (Å²) in [6.07, 6.45) is 1.30. The van der Waals surface area contributed by atoms with E-state index in [1.807, 2.05) is 30.3 Å². The topological polar surface area (TPSA) is 56.1 Å². The van der Waals surface area contributed by atoms with E-state index in [4.69, 9.17) is 9.72 Å². The van der Waals surface area contributed by atoms with Crippen LogP contribution in [0.25, 0.3) is 11.0 Å². The average Bonchev–Trinajstić information content (AvgIpc) is 3.21. The number of Topliss-reactive ketones (excluding diaryl/α,β-unsaturated/α-hetero) is 1. The highest BCUT2D eigenvalue weighted by Gasteiger charge is 2.39. The van der Waals surface area contributed by atoms with Gasteiger partial charge in [-0.1, -0.05) is 54.1 Å². The van der Waals surface area contributed by atoms with Crippen LogP contribution in [0.2, 0.25) is 0 Å². The molecule has 2 atom stereocenters. The van der Waals surface area contributed by atoms with Gasteiger partial charge in [0, 0.05) is 17.7 Å². The monoisotopic (exact) mass is 435 g/mol. The van der Waals surface area contributed by atoms with Gasteiger partial charge in [0.05, 0.1) is 24.2 Å². The molecule has 33 heavy (non-hydrogen) atoms. The Kier molecular flexibility index (Phi) is 4.57. The summed E-state index contributed by atoms with van der Waals surface area (Å²) < 4.78 is 7.54. The Balaban J connectivity index is 1.50. The molecule has 0 amide bonds. The summed E-state index contributed by atoms with van der Waals surface area (Å²) in [4.78, 5) is 18.6. The lowest BCUT2D eigenvalue weighted by Crippen LogP contribution is -2.33. The molecule has 0 fully saturated rings. The first-order valence-corrected chi connectivity index (χ1v) is 11.3. The van der Waals surface area contributed by atoms with Crippen LogP contribution in [0, 0.1) is 6.92 Å². The minimum absolute atomic E-state index is 0.164. The van der Waals surface area contributed by atoms with Crippen LogP contribution in [0.3, 0.4) is 0 Å². The van der Waals surface area contributed by atoms with Crippen molar-refractivity contribution < 1.29 is 9.53 Å². The fourth-order valence-electron chi connectivity index (χ4n) is 5.20. The number of nitrogens with zero attached hydrogens (tertiary/aromatic N) is 2. The molecule has 164 valence electrons. The number of imidazole rings is 1. The van der Waals surface area contributed by atoms with Crippen molar-refractivity contribution in [3.8, 4) is 5.75 Å². The van der Waals surface area contributed by atoms with E-state index < -0.39 is 0 Å². The number of hydrogen-bond acceptors (Lipinski definition) is 4. The predicted molar refractivity (Wildman–Crippen MR) is 130 cm³/mol. The molecular formula is C28H25N3O2. The van der Waals surface area contributed by atoms with Crippen LogP contribution in [0.1, 0.15) is 41.5 Å². The molecule has 5 heteroatoms. The molecule has 2 heterocycles. The van der Waals surface area contributed by atoms with Crippen LogP contribution < -0.4 is 10.1 Å². The van der Waals surface area contributed by atoms with Crippen molar-refractivity contribution in [3.05, 3.63) is 101 Å². The third-order valence-corrected chi connectivity index (χ3v) is 6.88. The number of ketones is 1. The zero-order valence-electron chi connectivity index (χ0n) is 18.7. The lowest BCUT2D eigenvalue weighted by molar-refractivity contribution is -0.116. The van der Waals surface area contributed by atoms with E-state index in [0.717, 1.165) is 46.0 Å². The summed E-state index contributed by atoms with van der Waals surface area (Å²) in [5.41, 5.74) is 7.25. The Morgan fingerprint density at radius 2 is 1.67 bits per heavy atom. The summed E-state index contributed by atoms with van der Waals surface area (Å²) in [7, 11) is 1.66. The molecule has 0 unspecified atom stereocenters. The van der Waals surface area contributed by atoms with Gasteiger partial charge in [-0.3, -0.25) is 9.36 Å². The Labute approximate surface area is 192 Å². The maximum absolute atomic E-state index is 13.7. The van der Waals surface area contributed by atoms with Gasteiger partial charge in [0.15, 0.2) is 5.78 Å². The highest BCUT2D eigenvalue weighted by molar-refractivity contribution is 6.01. The Morgan fingerprint density at radius 1 is 0.939 bits per heavy atom. The number of allylic oxidation sites excluding steroid dienone is 2. The van der Waals surface area contributed by atoms with E-state index in [2.05, 4.69) is 59.3 Å². The van der Waals surface area contributed by atoms with E-state index in [9.17, 15) is 4.79 Å². The molecule has 5 nitrogen and oxygen atoms in total. The lowest BCUT2D eigenvalue weighted by Gasteiger charge is -2.36. The maximum atomic E-state index is 13.7. The number of anilines is 1. The number of ether oxygens (including phenoxy) is 1. The predicted octanol–water partition coefficient (Wildman–Crippen LogP) is 5.77. The first-order valence-electron chi connectivity index (χ1n) is 11.3. The molecule has 1 aliphatic heterocycles. The summed E-state index contributed by atoms with van der Waals surface area (Å²) in [5, 5.41) is 3.54. The van der Waals surface area contributed by atoms with Gasteiger partial charge in [-0.05, 0) is 54.7 Å². The van der Waals surface area contributed by atoms with Gasteiger partial charge in [-0.25, -0.2) is 4.98 Å². The van der Waals surface area contributed by atoms with Crippen LogP contribution in [-0.2, 0) is 4.79 Å². The molecule has 2 aliphatic rings. The molecule has 0 saturated heterocycles. The van der Waals surface area contributed by atoms with Crippen molar-refractivity contribution in [2.24, 2.45) is 0 Å². The SMILES string of the molecule is COc1ccc([C@@H]2C3=C(C[C@@H](c4ccc(C)cc4)CC3=O)Nc3nc4ccccc4n32)cc1. The number of fused-ring (bicyclic) bond motifs is 3. The second kappa shape index (κ2) is 7.62. The van der Waals surface area contributed by atoms with Gasteiger partial charge in [-0.2, -0.15) is 0 Å². The number of nitrogens with one attached hydrogen (secondary N) is 1. The van der Waals surface area contributed by atoms with Crippen LogP contribution in [0.15, 0.2) is 84.1 Å². The minimum Gasteiger partial charge on any atom is -0.497 e. The Hall–Kier alpha value is -3.86. The molecule has 0 spiro atoms. The molecular weight excluding hydrogens is 410 g/mol. The van der Waals surface area contributed by atoms with Crippen molar-refractivity contribution >= 4 is 22.8 Å². The Bertz CT molecular complexity index is 1400. The van der Waals surface area contributed by atoms with E-state index in [1.54, 1.807) is 7.11 Å². The van der Waals surface area contributed by atoms with E-state index in [-0.39, 0.29) is 17.7 Å². The number of aromatic nitrogens is 2. The van der Waals surface area contributed by atoms with Crippen LogP contribution in [-0.4, -0.2) is 22.4 Å². The Morgan fingerprint density at radius 3 is 2.42 bits per heavy atom. The summed E-state index contributed by atoms with van der Waals surface area (Å²) in [6, 6.07) is 24.4. The molecule has 1 N–H and O–H groups in total. The summed E-state index contributed by atoms with van der Waals surface area (Å²) >= 11 is 0. The number of methoxy groups -OCH3 is 1. The van der Waals surface area contributed by atoms with E-state index >= 15 is 0 Å². The third-order valence-electron chi connectivity index (χ3n) is 6.88. The number of para-hydroxylation sites is 2. The first kappa shape index (κ1) is 19.8. The number of aryl methyl sites for hydroxylation is 1. The second-order valence-corrected chi connectivity index (χ2v) is 8.93. The second-order valence-electron chi connectivity index (χ2n) is 8.93. The van der Waals surface area contributed by atoms with Crippen LogP contribution in [0.4, 0.5) is 5.95 Å². The fourth-order valence-corrected chi connectivity index (χ4v) is 5.20. The van der Waals surface area contributed by atoms with Gasteiger partial charge in [0.2, 0.25) is 5.95 Å². The zero-order chi connectivity index (χ0) is 22.5. The van der Waals surface area contributed by atoms with Gasteiger partial charge >= 0.3 is 0 Å². The first-order chi connectivity index (χ1) is 16.1. The number of rotatable bonds is 3. The third kappa shape index (κ3) is 3.23. The van der Waals surface area contributed by atoms with Gasteiger partial charge in [0.1, 0.15) is 5.75 Å². The molecule has 4 aromatic rings. The maximum Gasteiger partial charge on any atom is 0.209 e. The van der Waals surface area contributed by atoms with E-state index in [1.165, 1.54) is 11.1 Å². The van der Waals surface area contributed by atoms with Gasteiger partial charge < -0.3 is 10.1 Å². The van der Waals surface area contributed by atoms with Crippen molar-refractivity contribution in [2.45, 2.75) is 31.7 Å². The normalized spacial score (nSPS) is 19.8. The smallest absolute Gasteiger partial charge is 0.209 e. The molecule has 6 rings (SSSR count). The molecule has 1 aromatic heterocycles. The zero-order valence-corrected chi connectivity index (χ0v) is 18.7. The quantitative estimate of drug-likeness (QED) is 0.444. The van der Waals surface area contributed by atoms with Crippen molar-refractivity contribution in [1.29, 1.82) is 0 Å². The molecule has 0 saturated carbocycles. The summed E-state index contributed by atoms with van der Waals surface area (Å²) in [6.45, 7) is 2.09. The fraction of sp³-hybridized carbons (Fsp3) is 0.214. The summed E-state index contributed by atoms with van der Waals surface area (Å²) in [5.74, 6) is 1.94. The minimum atomic E-state index is -0.221. The highest BCUT2D eigenvalue weighted by atomic mass is 16.5. The standard InChI is InChI=1S/C28H25N3O2/c1-17-7-9-18(10-8-17)20-15-23-26(25(32)16-20)27(19-11-13-21(33-2)14-12-19)31-24-6-4-3-5-22(24)29-28(31)30-23/h3-14,20,27H,15-16H2,1-2H3,(H,29,30)/t20-,27-/m1/s1. The molecule has 3 aromatic carbocycles. The number of carbonyl (C=O) groups excluding carboxylic acids is 1. The van der Waals surface area contributed by atoms with E-state index in [0.29, 0.717) is 6.42 Å². The largest absolute Gasteiger partial charge is 0.497 e. The van der Waals surface area contributed by atoms with Crippen molar-refractivity contribution in [1.82, 2.24) is 9.55 Å². The molecule has 0 bridgehead atoms. The van der Waals surface area contributed by atoms with Gasteiger partial charge in [-0.15, -0.1) is 0 Å². The average molecular weight is 436 g/mol. The lowest BCUT2D eigenvalue weighted by atomic mass is 9.77. The molecule has 0 radical (unpaired) electrons. The van der Waals surface area contributed by atoms with Gasteiger partial charge in [0.25, 0.3) is 0 Å². The highest BCUT2D eigenvalue weighted by Crippen LogP contribution is 2.46. The van der Waals surface area contributed by atoms with Crippen molar-refractivity contribution in [3.63, 3.8) is 0 Å². The number of hydrogen-bond donors (Lipinski definition) is 1. The number of carbonyl (C=O) groups is 1.